The van der Waals surface area contributed by atoms with Crippen molar-refractivity contribution in [2.24, 2.45) is 0 Å². The monoisotopic (exact) mass is 371 g/mol. The summed E-state index contributed by atoms with van der Waals surface area (Å²) < 4.78 is 5.60. The van der Waals surface area contributed by atoms with E-state index in [0.29, 0.717) is 22.7 Å². The smallest absolute Gasteiger partial charge is 0.261 e. The van der Waals surface area contributed by atoms with Crippen molar-refractivity contribution >= 4 is 34.4 Å². The van der Waals surface area contributed by atoms with E-state index >= 15 is 0 Å². The molecule has 1 atom stereocenters. The van der Waals surface area contributed by atoms with Crippen LogP contribution in [-0.2, 0) is 11.3 Å². The topological polar surface area (TPSA) is 55.4 Å². The van der Waals surface area contributed by atoms with Crippen molar-refractivity contribution in [3.63, 3.8) is 0 Å². The van der Waals surface area contributed by atoms with E-state index in [-0.39, 0.29) is 11.7 Å². The Kier molecular flexibility index (Phi) is 5.63. The first-order valence-electron chi connectivity index (χ1n) is 7.78. The summed E-state index contributed by atoms with van der Waals surface area (Å²) in [6.07, 6.45) is -0.589. The van der Waals surface area contributed by atoms with Gasteiger partial charge in [-0.3, -0.25) is 9.59 Å². The molecule has 1 N–H and O–H groups in total. The number of nitrogens with one attached hydrogen (secondary N) is 1. The third-order valence-electron chi connectivity index (χ3n) is 3.53. The fourth-order valence-corrected chi connectivity index (χ4v) is 3.75. The van der Waals surface area contributed by atoms with Crippen LogP contribution >= 0.6 is 22.7 Å². The number of rotatable bonds is 7. The Labute approximate surface area is 154 Å². The normalized spacial score (nSPS) is 11.7. The van der Waals surface area contributed by atoms with Crippen LogP contribution in [0, 0.1) is 0 Å². The first kappa shape index (κ1) is 17.4. The number of carbonyl (C=O) groups excluding carboxylic acids is 2. The fraction of sp³-hybridized carbons (Fsp3) is 0.158. The predicted octanol–water partition coefficient (Wildman–Crippen LogP) is 4.12. The van der Waals surface area contributed by atoms with Gasteiger partial charge in [0, 0.05) is 15.8 Å². The van der Waals surface area contributed by atoms with Gasteiger partial charge in [-0.15, -0.1) is 11.3 Å². The molecule has 0 saturated heterocycles. The lowest BCUT2D eigenvalue weighted by Crippen LogP contribution is -2.35. The number of thiophene rings is 2. The van der Waals surface area contributed by atoms with Gasteiger partial charge in [-0.1, -0.05) is 18.2 Å². The molecule has 1 aromatic carbocycles. The van der Waals surface area contributed by atoms with E-state index in [2.05, 4.69) is 5.32 Å². The van der Waals surface area contributed by atoms with Crippen molar-refractivity contribution in [2.75, 3.05) is 0 Å². The van der Waals surface area contributed by atoms with Crippen LogP contribution in [0.2, 0.25) is 0 Å². The van der Waals surface area contributed by atoms with Crippen LogP contribution in [0.15, 0.2) is 59.3 Å². The highest BCUT2D eigenvalue weighted by Crippen LogP contribution is 2.21. The molecule has 3 rings (SSSR count). The molecule has 0 aliphatic carbocycles. The number of hydrogen-bond acceptors (Lipinski definition) is 5. The highest BCUT2D eigenvalue weighted by Gasteiger charge is 2.16. The number of ether oxygens (including phenoxy) is 1. The van der Waals surface area contributed by atoms with Gasteiger partial charge in [-0.25, -0.2) is 0 Å². The Morgan fingerprint density at radius 3 is 2.64 bits per heavy atom. The summed E-state index contributed by atoms with van der Waals surface area (Å²) in [4.78, 5) is 26.0. The average molecular weight is 371 g/mol. The molecule has 0 aliphatic rings. The first-order valence-corrected chi connectivity index (χ1v) is 9.54. The Hall–Kier alpha value is -2.44. The molecule has 2 aromatic heterocycles. The van der Waals surface area contributed by atoms with E-state index in [1.807, 2.05) is 53.2 Å². The van der Waals surface area contributed by atoms with Gasteiger partial charge in [-0.2, -0.15) is 11.3 Å². The summed E-state index contributed by atoms with van der Waals surface area (Å²) in [5, 5.41) is 6.57. The number of para-hydroxylation sites is 1. The molecule has 0 aliphatic heterocycles. The molecule has 2 heterocycles. The maximum atomic E-state index is 12.3. The lowest BCUT2D eigenvalue weighted by molar-refractivity contribution is -0.127. The van der Waals surface area contributed by atoms with Crippen molar-refractivity contribution in [1.29, 1.82) is 0 Å². The molecule has 6 heteroatoms. The van der Waals surface area contributed by atoms with Crippen molar-refractivity contribution in [3.05, 3.63) is 74.6 Å². The third-order valence-corrected chi connectivity index (χ3v) is 5.30. The summed E-state index contributed by atoms with van der Waals surface area (Å²) in [5.74, 6) is 0.484. The van der Waals surface area contributed by atoms with Crippen LogP contribution in [0.25, 0.3) is 0 Å². The van der Waals surface area contributed by atoms with Gasteiger partial charge >= 0.3 is 0 Å². The predicted molar refractivity (Wildman–Crippen MR) is 100 cm³/mol. The van der Waals surface area contributed by atoms with Crippen LogP contribution < -0.4 is 10.1 Å². The zero-order valence-electron chi connectivity index (χ0n) is 13.6. The molecule has 1 amide bonds. The molecule has 4 nitrogen and oxygen atoms in total. The second-order valence-electron chi connectivity index (χ2n) is 5.40. The zero-order chi connectivity index (χ0) is 17.6. The van der Waals surface area contributed by atoms with Gasteiger partial charge in [0.25, 0.3) is 5.91 Å². The number of benzene rings is 1. The number of carbonyl (C=O) groups is 2. The SMILES string of the molecule is C[C@H](Oc1ccccc1)C(=O)NCc1ccc(C(=O)c2ccsc2)s1. The summed E-state index contributed by atoms with van der Waals surface area (Å²) in [5.41, 5.74) is 0.701. The van der Waals surface area contributed by atoms with Crippen molar-refractivity contribution in [3.8, 4) is 5.75 Å². The highest BCUT2D eigenvalue weighted by atomic mass is 32.1. The van der Waals surface area contributed by atoms with Gasteiger partial charge in [0.05, 0.1) is 11.4 Å². The van der Waals surface area contributed by atoms with E-state index in [0.717, 1.165) is 4.88 Å². The lowest BCUT2D eigenvalue weighted by Gasteiger charge is -2.14. The number of ketones is 1. The molecule has 0 bridgehead atoms. The van der Waals surface area contributed by atoms with Crippen LogP contribution in [0.1, 0.15) is 27.0 Å². The molecule has 0 saturated carbocycles. The maximum Gasteiger partial charge on any atom is 0.261 e. The van der Waals surface area contributed by atoms with Gasteiger partial charge in [-0.05, 0) is 42.6 Å². The molecule has 0 unspecified atom stereocenters. The molecule has 0 radical (unpaired) electrons. The number of hydrogen-bond donors (Lipinski definition) is 1. The second-order valence-corrected chi connectivity index (χ2v) is 7.35. The first-order chi connectivity index (χ1) is 12.1. The summed E-state index contributed by atoms with van der Waals surface area (Å²) in [7, 11) is 0. The molecule has 3 aromatic rings. The quantitative estimate of drug-likeness (QED) is 0.636. The van der Waals surface area contributed by atoms with Crippen LogP contribution in [0.3, 0.4) is 0 Å². The maximum absolute atomic E-state index is 12.3. The van der Waals surface area contributed by atoms with Gasteiger partial charge in [0.2, 0.25) is 5.78 Å². The Morgan fingerprint density at radius 1 is 1.12 bits per heavy atom. The largest absolute Gasteiger partial charge is 0.481 e. The minimum atomic E-state index is -0.589. The Balaban J connectivity index is 1.53. The number of amides is 1. The van der Waals surface area contributed by atoms with Crippen LogP contribution in [-0.4, -0.2) is 17.8 Å². The minimum Gasteiger partial charge on any atom is -0.481 e. The van der Waals surface area contributed by atoms with E-state index in [1.165, 1.54) is 22.7 Å². The molecule has 128 valence electrons. The third kappa shape index (κ3) is 4.55. The van der Waals surface area contributed by atoms with E-state index < -0.39 is 6.10 Å². The Morgan fingerprint density at radius 2 is 1.92 bits per heavy atom. The minimum absolute atomic E-state index is 0.0182. The molecular weight excluding hydrogens is 354 g/mol. The van der Waals surface area contributed by atoms with Crippen LogP contribution in [0.5, 0.6) is 5.75 Å². The van der Waals surface area contributed by atoms with Crippen molar-refractivity contribution in [1.82, 2.24) is 5.32 Å². The lowest BCUT2D eigenvalue weighted by atomic mass is 10.2. The van der Waals surface area contributed by atoms with E-state index in [1.54, 1.807) is 13.0 Å². The van der Waals surface area contributed by atoms with Crippen molar-refractivity contribution < 1.29 is 14.3 Å². The summed E-state index contributed by atoms with van der Waals surface area (Å²) >= 11 is 2.90. The van der Waals surface area contributed by atoms with E-state index in [4.69, 9.17) is 4.74 Å². The standard InChI is InChI=1S/C19H17NO3S2/c1-13(23-15-5-3-2-4-6-15)19(22)20-11-16-7-8-17(25-16)18(21)14-9-10-24-12-14/h2-10,12-13H,11H2,1H3,(H,20,22)/t13-/m0/s1. The van der Waals surface area contributed by atoms with Gasteiger partial charge in [0.15, 0.2) is 6.10 Å². The summed E-state index contributed by atoms with van der Waals surface area (Å²) in [6.45, 7) is 2.09. The van der Waals surface area contributed by atoms with E-state index in [9.17, 15) is 9.59 Å². The highest BCUT2D eigenvalue weighted by molar-refractivity contribution is 7.14. The second kappa shape index (κ2) is 8.09. The van der Waals surface area contributed by atoms with Crippen molar-refractivity contribution in [2.45, 2.75) is 19.6 Å². The molecule has 25 heavy (non-hydrogen) atoms. The summed E-state index contributed by atoms with van der Waals surface area (Å²) in [6, 6.07) is 14.7. The fourth-order valence-electron chi connectivity index (χ4n) is 2.21. The molecular formula is C19H17NO3S2. The van der Waals surface area contributed by atoms with Gasteiger partial charge in [0.1, 0.15) is 5.75 Å². The van der Waals surface area contributed by atoms with Gasteiger partial charge < -0.3 is 10.1 Å². The van der Waals surface area contributed by atoms with Crippen LogP contribution in [0.4, 0.5) is 0 Å². The Bertz CT molecular complexity index is 841. The molecule has 0 fully saturated rings. The average Bonchev–Trinajstić information content (AvgIpc) is 3.32. The molecule has 0 spiro atoms. The zero-order valence-corrected chi connectivity index (χ0v) is 15.2.